The Hall–Kier alpha value is -0.440. The molecule has 0 bridgehead atoms. The molecule has 1 aromatic carbocycles. The Morgan fingerprint density at radius 3 is 2.79 bits per heavy atom. The van der Waals surface area contributed by atoms with Crippen molar-refractivity contribution in [3.8, 4) is 0 Å². The molecule has 1 aliphatic heterocycles. The third kappa shape index (κ3) is 4.03. The third-order valence-corrected chi connectivity index (χ3v) is 7.14. The van der Waals surface area contributed by atoms with Crippen molar-refractivity contribution < 1.29 is 8.42 Å². The van der Waals surface area contributed by atoms with E-state index in [1.165, 1.54) is 0 Å². The van der Waals surface area contributed by atoms with E-state index < -0.39 is 10.0 Å². The molecule has 3 rings (SSSR count). The second-order valence-electron chi connectivity index (χ2n) is 5.50. The summed E-state index contributed by atoms with van der Waals surface area (Å²) >= 11 is 3.47. The minimum absolute atomic E-state index is 0. The van der Waals surface area contributed by atoms with Gasteiger partial charge in [0.05, 0.1) is 4.90 Å². The zero-order valence-corrected chi connectivity index (χ0v) is 17.1. The number of rotatable bonds is 2. The fourth-order valence-corrected chi connectivity index (χ4v) is 5.64. The number of sulfonamides is 1. The van der Waals surface area contributed by atoms with Crippen LogP contribution in [0, 0.1) is 0 Å². The van der Waals surface area contributed by atoms with Gasteiger partial charge in [0, 0.05) is 46.8 Å². The smallest absolute Gasteiger partial charge is 0.244 e. The summed E-state index contributed by atoms with van der Waals surface area (Å²) < 4.78 is 28.3. The number of benzene rings is 1. The number of fused-ring (bicyclic) bond motifs is 1. The van der Waals surface area contributed by atoms with Crippen LogP contribution < -0.4 is 5.32 Å². The van der Waals surface area contributed by atoms with E-state index in [-0.39, 0.29) is 30.9 Å². The predicted molar refractivity (Wildman–Crippen MR) is 105 cm³/mol. The molecule has 1 aliphatic rings. The molecule has 0 amide bonds. The highest BCUT2D eigenvalue weighted by molar-refractivity contribution is 9.10. The van der Waals surface area contributed by atoms with E-state index in [9.17, 15) is 8.42 Å². The molecule has 9 heteroatoms. The average Bonchev–Trinajstić information content (AvgIpc) is 2.72. The highest BCUT2D eigenvalue weighted by atomic mass is 79.9. The van der Waals surface area contributed by atoms with Crippen molar-refractivity contribution in [1.29, 1.82) is 0 Å². The Bertz CT molecular complexity index is 804. The van der Waals surface area contributed by atoms with Crippen LogP contribution in [0.4, 0.5) is 0 Å². The number of nitrogens with one attached hydrogen (secondary N) is 1. The van der Waals surface area contributed by atoms with Crippen molar-refractivity contribution >= 4 is 61.5 Å². The van der Waals surface area contributed by atoms with Crippen molar-refractivity contribution in [3.63, 3.8) is 0 Å². The minimum atomic E-state index is -3.53. The Balaban J connectivity index is 0.00000144. The summed E-state index contributed by atoms with van der Waals surface area (Å²) in [5, 5.41) is 5.04. The standard InChI is InChI=1S/C15H18BrN3O2S.2ClH/c1-11-9-17-6-2-8-19(11)22(20,21)14-4-3-12-10-18-7-5-13(12)15(14)16;;/h3-5,7,10-11,17H,2,6,8-9H2,1H3;2*1H/t11-;;/m0../s1. The molecule has 0 spiro atoms. The molecule has 0 unspecified atom stereocenters. The van der Waals surface area contributed by atoms with Gasteiger partial charge in [-0.15, -0.1) is 24.8 Å². The summed E-state index contributed by atoms with van der Waals surface area (Å²) in [6, 6.07) is 5.23. The lowest BCUT2D eigenvalue weighted by Crippen LogP contribution is -2.41. The van der Waals surface area contributed by atoms with Crippen molar-refractivity contribution in [2.45, 2.75) is 24.3 Å². The molecule has 24 heavy (non-hydrogen) atoms. The largest absolute Gasteiger partial charge is 0.315 e. The third-order valence-electron chi connectivity index (χ3n) is 3.97. The van der Waals surface area contributed by atoms with E-state index in [1.54, 1.807) is 28.8 Å². The van der Waals surface area contributed by atoms with Crippen LogP contribution in [-0.2, 0) is 10.0 Å². The van der Waals surface area contributed by atoms with E-state index in [0.717, 1.165) is 23.7 Å². The fraction of sp³-hybridized carbons (Fsp3) is 0.400. The van der Waals surface area contributed by atoms with Gasteiger partial charge in [0.2, 0.25) is 10.0 Å². The predicted octanol–water partition coefficient (Wildman–Crippen LogP) is 3.21. The molecular weight excluding hydrogens is 437 g/mol. The molecule has 2 heterocycles. The summed E-state index contributed by atoms with van der Waals surface area (Å²) in [7, 11) is -3.53. The molecule has 0 radical (unpaired) electrons. The van der Waals surface area contributed by atoms with Gasteiger partial charge in [0.1, 0.15) is 0 Å². The van der Waals surface area contributed by atoms with E-state index in [0.29, 0.717) is 22.5 Å². The first-order valence-electron chi connectivity index (χ1n) is 7.26. The summed E-state index contributed by atoms with van der Waals surface area (Å²) in [5.74, 6) is 0. The molecule has 1 fully saturated rings. The highest BCUT2D eigenvalue weighted by Gasteiger charge is 2.31. The molecule has 0 aliphatic carbocycles. The summed E-state index contributed by atoms with van der Waals surface area (Å²) in [6.07, 6.45) is 4.22. The van der Waals surface area contributed by atoms with Crippen molar-refractivity contribution in [1.82, 2.24) is 14.6 Å². The van der Waals surface area contributed by atoms with Crippen LogP contribution in [0.25, 0.3) is 10.8 Å². The number of hydrogen-bond donors (Lipinski definition) is 1. The number of aromatic nitrogens is 1. The normalized spacial score (nSPS) is 19.2. The Morgan fingerprint density at radius 2 is 2.04 bits per heavy atom. The maximum absolute atomic E-state index is 13.1. The number of pyridine rings is 1. The average molecular weight is 457 g/mol. The van der Waals surface area contributed by atoms with Crippen molar-refractivity contribution in [2.75, 3.05) is 19.6 Å². The number of halogens is 3. The number of nitrogens with zero attached hydrogens (tertiary/aromatic N) is 2. The summed E-state index contributed by atoms with van der Waals surface area (Å²) in [6.45, 7) is 4.00. The van der Waals surface area contributed by atoms with Gasteiger partial charge in [0.25, 0.3) is 0 Å². The number of hydrogen-bond acceptors (Lipinski definition) is 4. The lowest BCUT2D eigenvalue weighted by molar-refractivity contribution is 0.353. The van der Waals surface area contributed by atoms with Gasteiger partial charge in [0.15, 0.2) is 0 Å². The van der Waals surface area contributed by atoms with E-state index in [1.807, 2.05) is 13.0 Å². The van der Waals surface area contributed by atoms with Gasteiger partial charge in [-0.1, -0.05) is 6.07 Å². The van der Waals surface area contributed by atoms with Crippen molar-refractivity contribution in [3.05, 3.63) is 35.1 Å². The molecule has 2 aromatic rings. The van der Waals surface area contributed by atoms with Crippen LogP contribution in [0.5, 0.6) is 0 Å². The first-order chi connectivity index (χ1) is 10.5. The maximum Gasteiger partial charge on any atom is 0.244 e. The zero-order valence-electron chi connectivity index (χ0n) is 13.1. The van der Waals surface area contributed by atoms with Gasteiger partial charge in [-0.05, 0) is 48.0 Å². The van der Waals surface area contributed by atoms with E-state index >= 15 is 0 Å². The maximum atomic E-state index is 13.1. The van der Waals surface area contributed by atoms with E-state index in [2.05, 4.69) is 26.2 Å². The van der Waals surface area contributed by atoms with Crippen LogP contribution in [0.15, 0.2) is 40.0 Å². The van der Waals surface area contributed by atoms with Gasteiger partial charge in [-0.25, -0.2) is 8.42 Å². The molecule has 5 nitrogen and oxygen atoms in total. The quantitative estimate of drug-likeness (QED) is 0.753. The SMILES string of the molecule is C[C@H]1CNCCCN1S(=O)(=O)c1ccc2cnccc2c1Br.Cl.Cl. The lowest BCUT2D eigenvalue weighted by Gasteiger charge is -2.26. The van der Waals surface area contributed by atoms with Crippen LogP contribution in [-0.4, -0.2) is 43.4 Å². The summed E-state index contributed by atoms with van der Waals surface area (Å²) in [4.78, 5) is 4.39. The van der Waals surface area contributed by atoms with Gasteiger partial charge in [-0.3, -0.25) is 4.98 Å². The topological polar surface area (TPSA) is 62.3 Å². The van der Waals surface area contributed by atoms with Gasteiger partial charge in [-0.2, -0.15) is 4.31 Å². The molecule has 134 valence electrons. The van der Waals surface area contributed by atoms with Crippen LogP contribution in [0.2, 0.25) is 0 Å². The van der Waals surface area contributed by atoms with Gasteiger partial charge < -0.3 is 5.32 Å². The first kappa shape index (κ1) is 21.6. The highest BCUT2D eigenvalue weighted by Crippen LogP contribution is 2.32. The minimum Gasteiger partial charge on any atom is -0.315 e. The van der Waals surface area contributed by atoms with Gasteiger partial charge >= 0.3 is 0 Å². The lowest BCUT2D eigenvalue weighted by atomic mass is 10.2. The first-order valence-corrected chi connectivity index (χ1v) is 9.50. The summed E-state index contributed by atoms with van der Waals surface area (Å²) in [5.41, 5.74) is 0. The molecular formula is C15H20BrCl2N3O2S. The Kier molecular flexibility index (Phi) is 7.90. The Labute approximate surface area is 163 Å². The molecule has 1 atom stereocenters. The molecule has 1 aromatic heterocycles. The fourth-order valence-electron chi connectivity index (χ4n) is 2.79. The van der Waals surface area contributed by atoms with Crippen LogP contribution in [0.3, 0.4) is 0 Å². The monoisotopic (exact) mass is 455 g/mol. The Morgan fingerprint density at radius 1 is 1.29 bits per heavy atom. The second kappa shape index (κ2) is 8.78. The second-order valence-corrected chi connectivity index (χ2v) is 8.15. The molecule has 1 saturated heterocycles. The van der Waals surface area contributed by atoms with E-state index in [4.69, 9.17) is 0 Å². The molecule has 1 N–H and O–H groups in total. The van der Waals surface area contributed by atoms with Crippen LogP contribution >= 0.6 is 40.7 Å². The zero-order chi connectivity index (χ0) is 15.7. The van der Waals surface area contributed by atoms with Crippen molar-refractivity contribution in [2.24, 2.45) is 0 Å². The van der Waals surface area contributed by atoms with Crippen LogP contribution in [0.1, 0.15) is 13.3 Å². The molecule has 0 saturated carbocycles.